The standard InChI is InChI=1S/C60H45N/c1-59(2)55-23-12-10-21-48(55)53-35-44(30-32-57(53)59)61(43-18-14-17-40(33-43)38-15-6-5-7-16-38)42-28-25-39(26-29-42)41-27-31-47-50(34-41)45-19-8-9-20-46(45)51-36-54-49-22-11-13-24-56(49)60(3,4)58(54)37-52(47)51/h5-37H,1-4H3. The van der Waals surface area contributed by atoms with E-state index in [0.29, 0.717) is 0 Å². The fourth-order valence-electron chi connectivity index (χ4n) is 10.9. The van der Waals surface area contributed by atoms with Gasteiger partial charge < -0.3 is 4.90 Å². The van der Waals surface area contributed by atoms with Crippen LogP contribution in [0.5, 0.6) is 0 Å². The molecule has 2 aliphatic rings. The molecule has 61 heavy (non-hydrogen) atoms. The lowest BCUT2D eigenvalue weighted by Crippen LogP contribution is -2.15. The molecule has 0 unspecified atom stereocenters. The van der Waals surface area contributed by atoms with Gasteiger partial charge in [-0.15, -0.1) is 0 Å². The minimum Gasteiger partial charge on any atom is -0.310 e. The molecule has 0 bridgehead atoms. The van der Waals surface area contributed by atoms with Gasteiger partial charge in [0.05, 0.1) is 0 Å². The maximum atomic E-state index is 2.49. The Morgan fingerprint density at radius 1 is 0.262 bits per heavy atom. The first-order valence-corrected chi connectivity index (χ1v) is 21.6. The Labute approximate surface area is 358 Å². The van der Waals surface area contributed by atoms with E-state index in [0.717, 1.165) is 17.1 Å². The van der Waals surface area contributed by atoms with E-state index in [4.69, 9.17) is 0 Å². The summed E-state index contributed by atoms with van der Waals surface area (Å²) in [4.78, 5) is 2.42. The van der Waals surface area contributed by atoms with E-state index in [1.165, 1.54) is 99.1 Å². The van der Waals surface area contributed by atoms with Gasteiger partial charge in [-0.2, -0.15) is 0 Å². The molecule has 0 aliphatic heterocycles. The number of fused-ring (bicyclic) bond motifs is 12. The lowest BCUT2D eigenvalue weighted by Gasteiger charge is -2.28. The SMILES string of the molecule is CC1(C)c2ccccc2-c2cc(N(c3ccc(-c4ccc5c(c4)c4ccccc4c4cc6c(cc54)C(C)(C)c4ccccc4-6)cc3)c3cccc(-c4ccccc4)c3)ccc21. The van der Waals surface area contributed by atoms with Crippen molar-refractivity contribution in [2.24, 2.45) is 0 Å². The number of benzene rings is 10. The monoisotopic (exact) mass is 779 g/mol. The molecule has 0 saturated carbocycles. The van der Waals surface area contributed by atoms with Crippen LogP contribution in [-0.2, 0) is 10.8 Å². The second-order valence-electron chi connectivity index (χ2n) is 18.1. The molecule has 1 nitrogen and oxygen atoms in total. The highest BCUT2D eigenvalue weighted by atomic mass is 15.1. The van der Waals surface area contributed by atoms with Crippen LogP contribution >= 0.6 is 0 Å². The molecule has 2 aliphatic carbocycles. The average molecular weight is 780 g/mol. The van der Waals surface area contributed by atoms with Gasteiger partial charge in [-0.25, -0.2) is 0 Å². The lowest BCUT2D eigenvalue weighted by molar-refractivity contribution is 0.660. The van der Waals surface area contributed by atoms with Gasteiger partial charge in [-0.3, -0.25) is 0 Å². The van der Waals surface area contributed by atoms with Crippen LogP contribution in [0.4, 0.5) is 17.1 Å². The van der Waals surface area contributed by atoms with Crippen LogP contribution < -0.4 is 4.90 Å². The van der Waals surface area contributed by atoms with Crippen LogP contribution in [0, 0.1) is 0 Å². The normalized spacial score (nSPS) is 14.2. The van der Waals surface area contributed by atoms with Gasteiger partial charge in [0, 0.05) is 27.9 Å². The second-order valence-corrected chi connectivity index (χ2v) is 18.1. The quantitative estimate of drug-likeness (QED) is 0.157. The highest BCUT2D eigenvalue weighted by molar-refractivity contribution is 6.26. The summed E-state index contributed by atoms with van der Waals surface area (Å²) < 4.78 is 0. The number of rotatable bonds is 5. The third-order valence-corrected chi connectivity index (χ3v) is 14.0. The predicted octanol–water partition coefficient (Wildman–Crippen LogP) is 16.6. The predicted molar refractivity (Wildman–Crippen MR) is 260 cm³/mol. The summed E-state index contributed by atoms with van der Waals surface area (Å²) in [5.41, 5.74) is 19.0. The van der Waals surface area contributed by atoms with Crippen molar-refractivity contribution < 1.29 is 0 Å². The van der Waals surface area contributed by atoms with Crippen molar-refractivity contribution in [2.75, 3.05) is 4.90 Å². The molecule has 1 heteroatoms. The minimum absolute atomic E-state index is 0.0515. The maximum Gasteiger partial charge on any atom is 0.0468 e. The first kappa shape index (κ1) is 35.7. The fourth-order valence-corrected chi connectivity index (χ4v) is 10.9. The Kier molecular flexibility index (Phi) is 7.69. The first-order chi connectivity index (χ1) is 29.8. The minimum atomic E-state index is -0.0581. The fraction of sp³-hybridized carbons (Fsp3) is 0.100. The molecule has 0 amide bonds. The zero-order chi connectivity index (χ0) is 41.0. The zero-order valence-electron chi connectivity index (χ0n) is 35.0. The van der Waals surface area contributed by atoms with E-state index in [9.17, 15) is 0 Å². The first-order valence-electron chi connectivity index (χ1n) is 21.6. The third kappa shape index (κ3) is 5.33. The maximum absolute atomic E-state index is 2.49. The summed E-state index contributed by atoms with van der Waals surface area (Å²) in [6, 6.07) is 74.8. The summed E-state index contributed by atoms with van der Waals surface area (Å²) in [7, 11) is 0. The molecule has 0 fully saturated rings. The summed E-state index contributed by atoms with van der Waals surface area (Å²) in [6.07, 6.45) is 0. The molecule has 10 aromatic rings. The van der Waals surface area contributed by atoms with Crippen LogP contribution in [0.3, 0.4) is 0 Å². The van der Waals surface area contributed by atoms with Gasteiger partial charge in [0.1, 0.15) is 0 Å². The number of nitrogens with zero attached hydrogens (tertiary/aromatic N) is 1. The van der Waals surface area contributed by atoms with Gasteiger partial charge in [-0.1, -0.05) is 173 Å². The van der Waals surface area contributed by atoms with Crippen molar-refractivity contribution in [1.82, 2.24) is 0 Å². The molecular weight excluding hydrogens is 735 g/mol. The molecule has 0 saturated heterocycles. The number of hydrogen-bond acceptors (Lipinski definition) is 1. The molecular formula is C60H45N. The van der Waals surface area contributed by atoms with Crippen LogP contribution in [-0.4, -0.2) is 0 Å². The molecule has 0 atom stereocenters. The molecule has 0 N–H and O–H groups in total. The van der Waals surface area contributed by atoms with Gasteiger partial charge in [0.2, 0.25) is 0 Å². The highest BCUT2D eigenvalue weighted by Gasteiger charge is 2.37. The lowest BCUT2D eigenvalue weighted by atomic mass is 9.81. The Morgan fingerprint density at radius 2 is 0.738 bits per heavy atom. The van der Waals surface area contributed by atoms with Crippen molar-refractivity contribution in [3.05, 3.63) is 222 Å². The van der Waals surface area contributed by atoms with Gasteiger partial charge >= 0.3 is 0 Å². The van der Waals surface area contributed by atoms with Crippen molar-refractivity contribution >= 4 is 49.4 Å². The third-order valence-electron chi connectivity index (χ3n) is 14.0. The van der Waals surface area contributed by atoms with Crippen LogP contribution in [0.15, 0.2) is 200 Å². The smallest absolute Gasteiger partial charge is 0.0468 e. The molecule has 12 rings (SSSR count). The number of anilines is 3. The van der Waals surface area contributed by atoms with E-state index in [1.54, 1.807) is 0 Å². The zero-order valence-corrected chi connectivity index (χ0v) is 35.0. The van der Waals surface area contributed by atoms with Crippen molar-refractivity contribution in [2.45, 2.75) is 38.5 Å². The van der Waals surface area contributed by atoms with Gasteiger partial charge in [-0.05, 0) is 154 Å². The molecule has 0 heterocycles. The molecule has 0 radical (unpaired) electrons. The number of hydrogen-bond donors (Lipinski definition) is 0. The second kappa shape index (κ2) is 13.1. The molecule has 10 aromatic carbocycles. The highest BCUT2D eigenvalue weighted by Crippen LogP contribution is 2.53. The van der Waals surface area contributed by atoms with E-state index >= 15 is 0 Å². The van der Waals surface area contributed by atoms with E-state index in [2.05, 4.69) is 233 Å². The Hall–Kier alpha value is -7.22. The van der Waals surface area contributed by atoms with Gasteiger partial charge in [0.15, 0.2) is 0 Å². The summed E-state index contributed by atoms with van der Waals surface area (Å²) >= 11 is 0. The summed E-state index contributed by atoms with van der Waals surface area (Å²) in [5, 5.41) is 7.83. The van der Waals surface area contributed by atoms with E-state index in [1.807, 2.05) is 0 Å². The Bertz CT molecular complexity index is 3400. The van der Waals surface area contributed by atoms with Crippen molar-refractivity contribution in [1.29, 1.82) is 0 Å². The topological polar surface area (TPSA) is 3.24 Å². The summed E-state index contributed by atoms with van der Waals surface area (Å²) in [6.45, 7) is 9.45. The summed E-state index contributed by atoms with van der Waals surface area (Å²) in [5.74, 6) is 0. The van der Waals surface area contributed by atoms with Crippen LogP contribution in [0.1, 0.15) is 49.9 Å². The Morgan fingerprint density at radius 3 is 1.46 bits per heavy atom. The van der Waals surface area contributed by atoms with Crippen molar-refractivity contribution in [3.8, 4) is 44.5 Å². The van der Waals surface area contributed by atoms with Crippen LogP contribution in [0.25, 0.3) is 76.8 Å². The Balaban J connectivity index is 0.989. The molecule has 290 valence electrons. The van der Waals surface area contributed by atoms with E-state index in [-0.39, 0.29) is 10.8 Å². The van der Waals surface area contributed by atoms with E-state index < -0.39 is 0 Å². The van der Waals surface area contributed by atoms with Crippen molar-refractivity contribution in [3.63, 3.8) is 0 Å². The molecule has 0 aromatic heterocycles. The average Bonchev–Trinajstić information content (AvgIpc) is 3.68. The van der Waals surface area contributed by atoms with Crippen LogP contribution in [0.2, 0.25) is 0 Å². The van der Waals surface area contributed by atoms with Gasteiger partial charge in [0.25, 0.3) is 0 Å². The largest absolute Gasteiger partial charge is 0.310 e. The molecule has 0 spiro atoms.